The Kier molecular flexibility index (Phi) is 5.84. The third kappa shape index (κ3) is 4.51. The van der Waals surface area contributed by atoms with E-state index in [0.717, 1.165) is 0 Å². The molecule has 0 bridgehead atoms. The Morgan fingerprint density at radius 2 is 1.48 bits per heavy atom. The van der Waals surface area contributed by atoms with Gasteiger partial charge in [0.1, 0.15) is 5.75 Å². The van der Waals surface area contributed by atoms with Gasteiger partial charge < -0.3 is 14.0 Å². The van der Waals surface area contributed by atoms with Crippen molar-refractivity contribution in [1.82, 2.24) is 10.1 Å². The third-order valence-corrected chi connectivity index (χ3v) is 4.56. The van der Waals surface area contributed by atoms with Gasteiger partial charge in [-0.2, -0.15) is 4.98 Å². The number of rotatable bonds is 7. The van der Waals surface area contributed by atoms with Gasteiger partial charge in [-0.1, -0.05) is 59.8 Å². The van der Waals surface area contributed by atoms with Crippen LogP contribution in [-0.2, 0) is 11.3 Å². The minimum atomic E-state index is -0.559. The second-order valence-electron chi connectivity index (χ2n) is 6.56. The van der Waals surface area contributed by atoms with Gasteiger partial charge in [0.2, 0.25) is 5.82 Å². The number of hydrogen-bond acceptors (Lipinski definition) is 7. The highest BCUT2D eigenvalue weighted by Crippen LogP contribution is 2.27. The lowest BCUT2D eigenvalue weighted by molar-refractivity contribution is 0.0429. The average Bonchev–Trinajstić information content (AvgIpc) is 3.31. The van der Waals surface area contributed by atoms with E-state index in [4.69, 9.17) is 14.0 Å². The molecule has 154 valence electrons. The maximum Gasteiger partial charge on any atom is 0.338 e. The van der Waals surface area contributed by atoms with E-state index in [9.17, 15) is 9.59 Å². The van der Waals surface area contributed by atoms with Crippen molar-refractivity contribution in [2.24, 2.45) is 0 Å². The van der Waals surface area contributed by atoms with Crippen molar-refractivity contribution >= 4 is 11.8 Å². The summed E-state index contributed by atoms with van der Waals surface area (Å²) >= 11 is 0. The van der Waals surface area contributed by atoms with E-state index in [1.807, 2.05) is 18.2 Å². The van der Waals surface area contributed by atoms with Crippen LogP contribution in [0.3, 0.4) is 0 Å². The standard InChI is InChI=1S/C24H18N2O5/c1-29-20-10-6-5-9-19(20)23-25-21(31-26-23)15-30-24(28)18-13-11-17(12-14-18)22(27)16-7-3-2-4-8-16/h2-14H,15H2,1H3. The molecular weight excluding hydrogens is 396 g/mol. The van der Waals surface area contributed by atoms with Crippen molar-refractivity contribution in [3.8, 4) is 17.1 Å². The molecule has 7 nitrogen and oxygen atoms in total. The molecule has 0 radical (unpaired) electrons. The second-order valence-corrected chi connectivity index (χ2v) is 6.56. The lowest BCUT2D eigenvalue weighted by Gasteiger charge is -2.04. The molecule has 7 heteroatoms. The minimum absolute atomic E-state index is 0.116. The van der Waals surface area contributed by atoms with E-state index in [1.165, 1.54) is 0 Å². The van der Waals surface area contributed by atoms with Gasteiger partial charge in [-0.25, -0.2) is 4.79 Å². The van der Waals surface area contributed by atoms with Gasteiger partial charge in [-0.15, -0.1) is 0 Å². The Labute approximate surface area is 178 Å². The van der Waals surface area contributed by atoms with Crippen molar-refractivity contribution in [3.05, 3.63) is 101 Å². The predicted molar refractivity (Wildman–Crippen MR) is 112 cm³/mol. The van der Waals surface area contributed by atoms with E-state index in [2.05, 4.69) is 10.1 Å². The number of carbonyl (C=O) groups excluding carboxylic acids is 2. The van der Waals surface area contributed by atoms with E-state index < -0.39 is 5.97 Å². The summed E-state index contributed by atoms with van der Waals surface area (Å²) in [4.78, 5) is 29.0. The summed E-state index contributed by atoms with van der Waals surface area (Å²) in [6.45, 7) is -0.175. The number of aromatic nitrogens is 2. The van der Waals surface area contributed by atoms with Crippen LogP contribution < -0.4 is 4.74 Å². The Morgan fingerprint density at radius 3 is 2.23 bits per heavy atom. The van der Waals surface area contributed by atoms with Gasteiger partial charge >= 0.3 is 5.97 Å². The molecule has 1 aromatic heterocycles. The zero-order valence-electron chi connectivity index (χ0n) is 16.6. The molecule has 0 amide bonds. The van der Waals surface area contributed by atoms with Crippen molar-refractivity contribution in [2.45, 2.75) is 6.61 Å². The zero-order chi connectivity index (χ0) is 21.6. The van der Waals surface area contributed by atoms with Crippen LogP contribution in [0.4, 0.5) is 0 Å². The van der Waals surface area contributed by atoms with Crippen LogP contribution in [0.15, 0.2) is 83.4 Å². The SMILES string of the molecule is COc1ccccc1-c1noc(COC(=O)c2ccc(C(=O)c3ccccc3)cc2)n1. The van der Waals surface area contributed by atoms with Crippen LogP contribution in [0.2, 0.25) is 0 Å². The molecule has 4 rings (SSSR count). The van der Waals surface area contributed by atoms with Crippen LogP contribution in [0.25, 0.3) is 11.4 Å². The monoisotopic (exact) mass is 414 g/mol. The molecule has 0 aliphatic heterocycles. The summed E-state index contributed by atoms with van der Waals surface area (Å²) in [5, 5.41) is 3.91. The molecule has 0 aliphatic rings. The highest BCUT2D eigenvalue weighted by Gasteiger charge is 2.16. The quantitative estimate of drug-likeness (QED) is 0.328. The number of methoxy groups -OCH3 is 1. The van der Waals surface area contributed by atoms with Crippen LogP contribution in [-0.4, -0.2) is 29.0 Å². The van der Waals surface area contributed by atoms with Gasteiger partial charge in [0, 0.05) is 11.1 Å². The van der Waals surface area contributed by atoms with Gasteiger partial charge in [-0.3, -0.25) is 4.79 Å². The fourth-order valence-corrected chi connectivity index (χ4v) is 2.98. The van der Waals surface area contributed by atoms with E-state index in [-0.39, 0.29) is 18.3 Å². The third-order valence-electron chi connectivity index (χ3n) is 4.56. The molecule has 31 heavy (non-hydrogen) atoms. The lowest BCUT2D eigenvalue weighted by atomic mass is 10.0. The average molecular weight is 414 g/mol. The number of ether oxygens (including phenoxy) is 2. The maximum absolute atomic E-state index is 12.5. The predicted octanol–water partition coefficient (Wildman–Crippen LogP) is 4.33. The van der Waals surface area contributed by atoms with E-state index in [1.54, 1.807) is 67.8 Å². The van der Waals surface area contributed by atoms with Gasteiger partial charge in [0.15, 0.2) is 12.4 Å². The van der Waals surface area contributed by atoms with Crippen molar-refractivity contribution in [1.29, 1.82) is 0 Å². The minimum Gasteiger partial charge on any atom is -0.496 e. The number of para-hydroxylation sites is 1. The van der Waals surface area contributed by atoms with E-state index >= 15 is 0 Å². The number of ketones is 1. The highest BCUT2D eigenvalue weighted by atomic mass is 16.6. The molecule has 3 aromatic carbocycles. The summed E-state index contributed by atoms with van der Waals surface area (Å²) in [6, 6.07) is 22.5. The summed E-state index contributed by atoms with van der Waals surface area (Å²) in [5.74, 6) is 0.431. The molecule has 0 aliphatic carbocycles. The summed E-state index contributed by atoms with van der Waals surface area (Å²) in [7, 11) is 1.56. The molecule has 0 unspecified atom stereocenters. The van der Waals surface area contributed by atoms with Crippen molar-refractivity contribution in [2.75, 3.05) is 7.11 Å². The van der Waals surface area contributed by atoms with Crippen molar-refractivity contribution < 1.29 is 23.6 Å². The Morgan fingerprint density at radius 1 is 0.839 bits per heavy atom. The number of carbonyl (C=O) groups is 2. The zero-order valence-corrected chi connectivity index (χ0v) is 16.6. The Bertz CT molecular complexity index is 1200. The number of esters is 1. The fraction of sp³-hybridized carbons (Fsp3) is 0.0833. The first-order chi connectivity index (χ1) is 15.2. The van der Waals surface area contributed by atoms with Crippen LogP contribution >= 0.6 is 0 Å². The topological polar surface area (TPSA) is 91.5 Å². The van der Waals surface area contributed by atoms with Crippen LogP contribution in [0, 0.1) is 0 Å². The number of hydrogen-bond donors (Lipinski definition) is 0. The summed E-state index contributed by atoms with van der Waals surface area (Å²) in [6.07, 6.45) is 0. The number of nitrogens with zero attached hydrogens (tertiary/aromatic N) is 2. The molecular formula is C24H18N2O5. The normalized spacial score (nSPS) is 10.5. The smallest absolute Gasteiger partial charge is 0.338 e. The van der Waals surface area contributed by atoms with Gasteiger partial charge in [0.05, 0.1) is 18.2 Å². The molecule has 0 saturated heterocycles. The van der Waals surface area contributed by atoms with Gasteiger partial charge in [0.25, 0.3) is 5.89 Å². The van der Waals surface area contributed by atoms with Crippen molar-refractivity contribution in [3.63, 3.8) is 0 Å². The Balaban J connectivity index is 1.39. The lowest BCUT2D eigenvalue weighted by Crippen LogP contribution is -2.07. The second kappa shape index (κ2) is 9.04. The molecule has 0 N–H and O–H groups in total. The molecule has 0 spiro atoms. The molecule has 0 saturated carbocycles. The molecule has 1 heterocycles. The highest BCUT2D eigenvalue weighted by molar-refractivity contribution is 6.09. The first kappa shape index (κ1) is 20.0. The Hall–Kier alpha value is -4.26. The maximum atomic E-state index is 12.5. The van der Waals surface area contributed by atoms with Crippen LogP contribution in [0.5, 0.6) is 5.75 Å². The first-order valence-corrected chi connectivity index (χ1v) is 9.48. The van der Waals surface area contributed by atoms with E-state index in [0.29, 0.717) is 33.8 Å². The first-order valence-electron chi connectivity index (χ1n) is 9.48. The summed E-state index contributed by atoms with van der Waals surface area (Å²) < 4.78 is 15.7. The molecule has 4 aromatic rings. The summed E-state index contributed by atoms with van der Waals surface area (Å²) in [5.41, 5.74) is 2.06. The molecule has 0 fully saturated rings. The largest absolute Gasteiger partial charge is 0.496 e. The number of benzene rings is 3. The van der Waals surface area contributed by atoms with Crippen LogP contribution in [0.1, 0.15) is 32.2 Å². The van der Waals surface area contributed by atoms with Gasteiger partial charge in [-0.05, 0) is 24.3 Å². The fourth-order valence-electron chi connectivity index (χ4n) is 2.98. The molecule has 0 atom stereocenters.